The Balaban J connectivity index is 1.99. The lowest BCUT2D eigenvalue weighted by Crippen LogP contribution is -2.15. The van der Waals surface area contributed by atoms with E-state index in [0.29, 0.717) is 23.0 Å². The van der Waals surface area contributed by atoms with Gasteiger partial charge >= 0.3 is 0 Å². The molecule has 0 saturated carbocycles. The summed E-state index contributed by atoms with van der Waals surface area (Å²) in [5, 5.41) is 14.9. The van der Waals surface area contributed by atoms with Gasteiger partial charge in [-0.3, -0.25) is 4.79 Å². The van der Waals surface area contributed by atoms with Crippen molar-refractivity contribution in [2.75, 3.05) is 17.2 Å². The third-order valence-corrected chi connectivity index (χ3v) is 3.21. The first kappa shape index (κ1) is 16.4. The van der Waals surface area contributed by atoms with E-state index in [1.165, 1.54) is 12.4 Å². The Kier molecular flexibility index (Phi) is 5.64. The van der Waals surface area contributed by atoms with E-state index >= 15 is 0 Å². The second kappa shape index (κ2) is 7.90. The minimum Gasteiger partial charge on any atom is -0.369 e. The van der Waals surface area contributed by atoms with Gasteiger partial charge in [-0.15, -0.1) is 0 Å². The molecule has 118 valence electrons. The van der Waals surface area contributed by atoms with Crippen LogP contribution in [-0.2, 0) is 0 Å². The highest BCUT2D eigenvalue weighted by Crippen LogP contribution is 2.14. The number of rotatable bonds is 6. The van der Waals surface area contributed by atoms with Crippen LogP contribution >= 0.6 is 0 Å². The Morgan fingerprint density at radius 2 is 2.04 bits per heavy atom. The van der Waals surface area contributed by atoms with Gasteiger partial charge in [-0.1, -0.05) is 26.0 Å². The topological polar surface area (TPSA) is 90.7 Å². The molecule has 2 N–H and O–H groups in total. The molecule has 23 heavy (non-hydrogen) atoms. The van der Waals surface area contributed by atoms with Gasteiger partial charge in [0, 0.05) is 6.54 Å². The fourth-order valence-corrected chi connectivity index (χ4v) is 1.90. The number of para-hydroxylation sites is 1. The number of nitrogens with zero attached hydrogens (tertiary/aromatic N) is 3. The first-order valence-corrected chi connectivity index (χ1v) is 7.46. The van der Waals surface area contributed by atoms with Gasteiger partial charge in [0.2, 0.25) is 0 Å². The molecule has 0 fully saturated rings. The summed E-state index contributed by atoms with van der Waals surface area (Å²) >= 11 is 0. The van der Waals surface area contributed by atoms with Crippen LogP contribution < -0.4 is 10.6 Å². The summed E-state index contributed by atoms with van der Waals surface area (Å²) in [7, 11) is 0. The van der Waals surface area contributed by atoms with E-state index in [9.17, 15) is 4.79 Å². The molecule has 1 aromatic carbocycles. The van der Waals surface area contributed by atoms with Gasteiger partial charge in [-0.05, 0) is 24.5 Å². The molecule has 0 radical (unpaired) electrons. The minimum atomic E-state index is -0.395. The number of carbonyl (C=O) groups excluding carboxylic acids is 1. The number of benzene rings is 1. The van der Waals surface area contributed by atoms with Crippen molar-refractivity contribution in [1.29, 1.82) is 5.26 Å². The lowest BCUT2D eigenvalue weighted by atomic mass is 10.1. The first-order chi connectivity index (χ1) is 11.1. The van der Waals surface area contributed by atoms with Crippen LogP contribution in [0, 0.1) is 17.2 Å². The molecule has 0 atom stereocenters. The highest BCUT2D eigenvalue weighted by Gasteiger charge is 2.10. The van der Waals surface area contributed by atoms with Gasteiger partial charge in [0.1, 0.15) is 17.6 Å². The van der Waals surface area contributed by atoms with Crippen LogP contribution in [0.3, 0.4) is 0 Å². The molecule has 0 bridgehead atoms. The van der Waals surface area contributed by atoms with E-state index in [1.807, 2.05) is 6.07 Å². The van der Waals surface area contributed by atoms with Crippen molar-refractivity contribution in [3.8, 4) is 6.07 Å². The van der Waals surface area contributed by atoms with Crippen molar-refractivity contribution in [1.82, 2.24) is 9.97 Å². The summed E-state index contributed by atoms with van der Waals surface area (Å²) in [5.41, 5.74) is 1.06. The number of anilines is 2. The van der Waals surface area contributed by atoms with Crippen molar-refractivity contribution in [2.24, 2.45) is 5.92 Å². The standard InChI is InChI=1S/C17H19N5O/c1-12(2)7-8-19-16-11-20-15(10-21-16)17(23)22-14-6-4-3-5-13(14)9-18/h3-6,10-12H,7-8H2,1-2H3,(H,19,21)(H,22,23). The zero-order valence-corrected chi connectivity index (χ0v) is 13.2. The Hall–Kier alpha value is -2.94. The molecule has 0 saturated heterocycles. The van der Waals surface area contributed by atoms with Crippen LogP contribution in [0.25, 0.3) is 0 Å². The van der Waals surface area contributed by atoms with Crippen molar-refractivity contribution in [3.05, 3.63) is 47.9 Å². The molecule has 1 amide bonds. The molecule has 0 aliphatic carbocycles. The first-order valence-electron chi connectivity index (χ1n) is 7.46. The zero-order valence-electron chi connectivity index (χ0n) is 13.2. The van der Waals surface area contributed by atoms with E-state index in [2.05, 4.69) is 34.4 Å². The predicted octanol–water partition coefficient (Wildman–Crippen LogP) is 3.06. The van der Waals surface area contributed by atoms with Gasteiger partial charge in [-0.25, -0.2) is 9.97 Å². The second-order valence-corrected chi connectivity index (χ2v) is 5.51. The van der Waals surface area contributed by atoms with Gasteiger partial charge in [-0.2, -0.15) is 5.26 Å². The number of amides is 1. The lowest BCUT2D eigenvalue weighted by Gasteiger charge is -2.08. The number of hydrogen-bond acceptors (Lipinski definition) is 5. The average Bonchev–Trinajstić information content (AvgIpc) is 2.55. The third-order valence-electron chi connectivity index (χ3n) is 3.21. The minimum absolute atomic E-state index is 0.201. The Labute approximate surface area is 135 Å². The molecule has 2 aromatic rings. The van der Waals surface area contributed by atoms with E-state index < -0.39 is 5.91 Å². The SMILES string of the molecule is CC(C)CCNc1cnc(C(=O)Nc2ccccc2C#N)cn1. The molecule has 6 heteroatoms. The lowest BCUT2D eigenvalue weighted by molar-refractivity contribution is 0.102. The van der Waals surface area contributed by atoms with Crippen molar-refractivity contribution in [3.63, 3.8) is 0 Å². The Morgan fingerprint density at radius 3 is 2.70 bits per heavy atom. The molecule has 2 rings (SSSR count). The summed E-state index contributed by atoms with van der Waals surface area (Å²) in [6.07, 6.45) is 3.99. The van der Waals surface area contributed by atoms with Crippen LogP contribution in [-0.4, -0.2) is 22.4 Å². The fraction of sp³-hybridized carbons (Fsp3) is 0.294. The van der Waals surface area contributed by atoms with E-state index in [1.54, 1.807) is 24.3 Å². The van der Waals surface area contributed by atoms with Crippen molar-refractivity contribution < 1.29 is 4.79 Å². The monoisotopic (exact) mass is 309 g/mol. The highest BCUT2D eigenvalue weighted by molar-refractivity contribution is 6.03. The number of carbonyl (C=O) groups is 1. The van der Waals surface area contributed by atoms with Gasteiger partial charge in [0.25, 0.3) is 5.91 Å². The van der Waals surface area contributed by atoms with Crippen molar-refractivity contribution in [2.45, 2.75) is 20.3 Å². The zero-order chi connectivity index (χ0) is 16.7. The molecule has 0 aliphatic rings. The molecular weight excluding hydrogens is 290 g/mol. The molecule has 0 aliphatic heterocycles. The van der Waals surface area contributed by atoms with Crippen LogP contribution in [0.1, 0.15) is 36.3 Å². The summed E-state index contributed by atoms with van der Waals surface area (Å²) in [5.74, 6) is 0.856. The molecule has 6 nitrogen and oxygen atoms in total. The van der Waals surface area contributed by atoms with E-state index in [0.717, 1.165) is 13.0 Å². The highest BCUT2D eigenvalue weighted by atomic mass is 16.1. The Bertz CT molecular complexity index is 704. The molecule has 1 aromatic heterocycles. The second-order valence-electron chi connectivity index (χ2n) is 5.51. The fourth-order valence-electron chi connectivity index (χ4n) is 1.90. The smallest absolute Gasteiger partial charge is 0.275 e. The largest absolute Gasteiger partial charge is 0.369 e. The van der Waals surface area contributed by atoms with E-state index in [4.69, 9.17) is 5.26 Å². The van der Waals surface area contributed by atoms with Gasteiger partial charge < -0.3 is 10.6 Å². The molecule has 1 heterocycles. The van der Waals surface area contributed by atoms with Gasteiger partial charge in [0.05, 0.1) is 23.6 Å². The normalized spacial score (nSPS) is 10.2. The summed E-state index contributed by atoms with van der Waals surface area (Å²) in [6.45, 7) is 5.12. The maximum absolute atomic E-state index is 12.2. The number of nitrogens with one attached hydrogen (secondary N) is 2. The van der Waals surface area contributed by atoms with Crippen LogP contribution in [0.15, 0.2) is 36.7 Å². The Morgan fingerprint density at radius 1 is 1.26 bits per heavy atom. The predicted molar refractivity (Wildman–Crippen MR) is 89.1 cm³/mol. The van der Waals surface area contributed by atoms with Crippen LogP contribution in [0.2, 0.25) is 0 Å². The summed E-state index contributed by atoms with van der Waals surface area (Å²) < 4.78 is 0. The molecule has 0 unspecified atom stereocenters. The number of hydrogen-bond donors (Lipinski definition) is 2. The third kappa shape index (κ3) is 4.78. The maximum atomic E-state index is 12.2. The molecular formula is C17H19N5O. The summed E-state index contributed by atoms with van der Waals surface area (Å²) in [4.78, 5) is 20.4. The average molecular weight is 309 g/mol. The van der Waals surface area contributed by atoms with Crippen molar-refractivity contribution >= 4 is 17.4 Å². The maximum Gasteiger partial charge on any atom is 0.275 e. The van der Waals surface area contributed by atoms with E-state index in [-0.39, 0.29) is 5.69 Å². The molecule has 0 spiro atoms. The number of aromatic nitrogens is 2. The summed E-state index contributed by atoms with van der Waals surface area (Å²) in [6, 6.07) is 8.84. The number of nitriles is 1. The van der Waals surface area contributed by atoms with Gasteiger partial charge in [0.15, 0.2) is 0 Å². The van der Waals surface area contributed by atoms with Crippen LogP contribution in [0.4, 0.5) is 11.5 Å². The quantitative estimate of drug-likeness (QED) is 0.855. The van der Waals surface area contributed by atoms with Crippen LogP contribution in [0.5, 0.6) is 0 Å².